The molecule has 0 aromatic carbocycles. The van der Waals surface area contributed by atoms with Crippen molar-refractivity contribution < 1.29 is 4.79 Å². The Bertz CT molecular complexity index is 457. The molecule has 104 valence electrons. The molecule has 2 saturated heterocycles. The quantitative estimate of drug-likeness (QED) is 0.824. The number of nitrogens with zero attached hydrogens (tertiary/aromatic N) is 3. The fourth-order valence-corrected chi connectivity index (χ4v) is 3.45. The van der Waals surface area contributed by atoms with E-state index < -0.39 is 0 Å². The highest BCUT2D eigenvalue weighted by Crippen LogP contribution is 2.35. The number of nitrogens with two attached hydrogens (primary N) is 1. The smallest absolute Gasteiger partial charge is 0.239 e. The summed E-state index contributed by atoms with van der Waals surface area (Å²) >= 11 is 0. The first kappa shape index (κ1) is 12.5. The van der Waals surface area contributed by atoms with Gasteiger partial charge in [-0.25, -0.2) is 0 Å². The Hall–Kier alpha value is -1.56. The van der Waals surface area contributed by atoms with Crippen LogP contribution in [0.25, 0.3) is 0 Å². The second-order valence-corrected chi connectivity index (χ2v) is 5.76. The van der Waals surface area contributed by atoms with Crippen molar-refractivity contribution >= 4 is 11.6 Å². The molecule has 0 saturated carbocycles. The minimum atomic E-state index is -0.369. The van der Waals surface area contributed by atoms with Crippen molar-refractivity contribution in [2.45, 2.75) is 50.4 Å². The highest BCUT2D eigenvalue weighted by molar-refractivity contribution is 5.73. The maximum Gasteiger partial charge on any atom is 0.239 e. The van der Waals surface area contributed by atoms with Crippen molar-refractivity contribution in [2.24, 2.45) is 5.73 Å². The van der Waals surface area contributed by atoms with Crippen LogP contribution in [0.3, 0.4) is 0 Å². The molecular formula is C13H21N5O. The summed E-state index contributed by atoms with van der Waals surface area (Å²) in [5, 5.41) is 7.67. The van der Waals surface area contributed by atoms with Gasteiger partial charge in [0.1, 0.15) is 6.54 Å². The lowest BCUT2D eigenvalue weighted by Crippen LogP contribution is -2.44. The molecule has 2 aliphatic heterocycles. The zero-order valence-corrected chi connectivity index (χ0v) is 11.2. The standard InChI is InChI=1S/C13H21N5O/c1-17-11-2-3-12(17)5-9(4-11)16-10-6-15-18(7-10)8-13(14)19/h6-7,9,11-12,16H,2-5,8H2,1H3,(H2,14,19). The Balaban J connectivity index is 1.60. The Labute approximate surface area is 112 Å². The second-order valence-electron chi connectivity index (χ2n) is 5.76. The number of nitrogens with one attached hydrogen (secondary N) is 1. The monoisotopic (exact) mass is 263 g/mol. The SMILES string of the molecule is CN1C2CCC1CC(Nc1cnn(CC(N)=O)c1)C2. The van der Waals surface area contributed by atoms with Gasteiger partial charge in [0.2, 0.25) is 5.91 Å². The van der Waals surface area contributed by atoms with Gasteiger partial charge >= 0.3 is 0 Å². The Kier molecular flexibility index (Phi) is 3.18. The Morgan fingerprint density at radius 2 is 2.16 bits per heavy atom. The molecule has 2 bridgehead atoms. The zero-order valence-electron chi connectivity index (χ0n) is 11.2. The van der Waals surface area contributed by atoms with E-state index in [1.807, 2.05) is 6.20 Å². The van der Waals surface area contributed by atoms with E-state index in [0.717, 1.165) is 17.8 Å². The summed E-state index contributed by atoms with van der Waals surface area (Å²) in [6, 6.07) is 1.95. The number of piperidine rings is 1. The lowest BCUT2D eigenvalue weighted by atomic mass is 9.98. The van der Waals surface area contributed by atoms with E-state index >= 15 is 0 Å². The van der Waals surface area contributed by atoms with Gasteiger partial charge in [-0.05, 0) is 32.7 Å². The van der Waals surface area contributed by atoms with Gasteiger partial charge in [-0.1, -0.05) is 0 Å². The first-order chi connectivity index (χ1) is 9.11. The van der Waals surface area contributed by atoms with Crippen molar-refractivity contribution in [3.63, 3.8) is 0 Å². The third-order valence-corrected chi connectivity index (χ3v) is 4.42. The highest BCUT2D eigenvalue weighted by atomic mass is 16.1. The lowest BCUT2D eigenvalue weighted by molar-refractivity contribution is -0.118. The Morgan fingerprint density at radius 3 is 2.79 bits per heavy atom. The van der Waals surface area contributed by atoms with Gasteiger partial charge in [0, 0.05) is 24.3 Å². The molecule has 0 radical (unpaired) electrons. The van der Waals surface area contributed by atoms with Crippen LogP contribution in [0.4, 0.5) is 5.69 Å². The highest BCUT2D eigenvalue weighted by Gasteiger charge is 2.38. The molecule has 1 aromatic heterocycles. The van der Waals surface area contributed by atoms with Crippen LogP contribution in [0, 0.1) is 0 Å². The van der Waals surface area contributed by atoms with Crippen LogP contribution in [-0.4, -0.2) is 45.8 Å². The van der Waals surface area contributed by atoms with Crippen molar-refractivity contribution in [1.82, 2.24) is 14.7 Å². The fraction of sp³-hybridized carbons (Fsp3) is 0.692. The molecular weight excluding hydrogens is 242 g/mol. The molecule has 2 aliphatic rings. The van der Waals surface area contributed by atoms with E-state index in [0.29, 0.717) is 6.04 Å². The number of primary amides is 1. The van der Waals surface area contributed by atoms with E-state index in [9.17, 15) is 4.79 Å². The Morgan fingerprint density at radius 1 is 1.47 bits per heavy atom. The zero-order chi connectivity index (χ0) is 13.4. The fourth-order valence-electron chi connectivity index (χ4n) is 3.45. The number of carbonyl (C=O) groups excluding carboxylic acids is 1. The minimum Gasteiger partial charge on any atom is -0.380 e. The summed E-state index contributed by atoms with van der Waals surface area (Å²) in [7, 11) is 2.24. The van der Waals surface area contributed by atoms with Gasteiger partial charge in [-0.3, -0.25) is 9.48 Å². The number of fused-ring (bicyclic) bond motifs is 2. The predicted octanol–water partition coefficient (Wildman–Crippen LogP) is 0.406. The van der Waals surface area contributed by atoms with E-state index in [-0.39, 0.29) is 12.5 Å². The number of hydrogen-bond acceptors (Lipinski definition) is 4. The molecule has 6 nitrogen and oxygen atoms in total. The summed E-state index contributed by atoms with van der Waals surface area (Å²) < 4.78 is 1.58. The topological polar surface area (TPSA) is 76.2 Å². The normalized spacial score (nSPS) is 30.5. The molecule has 6 heteroatoms. The molecule has 0 spiro atoms. The van der Waals surface area contributed by atoms with E-state index in [1.165, 1.54) is 25.7 Å². The van der Waals surface area contributed by atoms with Gasteiger partial charge < -0.3 is 16.0 Å². The van der Waals surface area contributed by atoms with Crippen molar-refractivity contribution in [3.05, 3.63) is 12.4 Å². The predicted molar refractivity (Wildman–Crippen MR) is 72.6 cm³/mol. The molecule has 19 heavy (non-hydrogen) atoms. The maximum absolute atomic E-state index is 10.8. The van der Waals surface area contributed by atoms with E-state index in [2.05, 4.69) is 22.4 Å². The minimum absolute atomic E-state index is 0.139. The van der Waals surface area contributed by atoms with Crippen LogP contribution >= 0.6 is 0 Å². The third-order valence-electron chi connectivity index (χ3n) is 4.42. The number of rotatable bonds is 4. The molecule has 0 aliphatic carbocycles. The van der Waals surface area contributed by atoms with Crippen LogP contribution in [0.5, 0.6) is 0 Å². The number of hydrogen-bond donors (Lipinski definition) is 2. The van der Waals surface area contributed by atoms with Crippen LogP contribution in [-0.2, 0) is 11.3 Å². The molecule has 2 fully saturated rings. The number of amides is 1. The lowest BCUT2D eigenvalue weighted by Gasteiger charge is -2.36. The van der Waals surface area contributed by atoms with E-state index in [1.54, 1.807) is 10.9 Å². The van der Waals surface area contributed by atoms with Gasteiger partial charge in [-0.2, -0.15) is 5.10 Å². The van der Waals surface area contributed by atoms with Crippen LogP contribution < -0.4 is 11.1 Å². The largest absolute Gasteiger partial charge is 0.380 e. The third kappa shape index (κ3) is 2.58. The van der Waals surface area contributed by atoms with Crippen LogP contribution in [0.2, 0.25) is 0 Å². The van der Waals surface area contributed by atoms with Gasteiger partial charge in [0.05, 0.1) is 11.9 Å². The molecule has 3 heterocycles. The van der Waals surface area contributed by atoms with Gasteiger partial charge in [0.15, 0.2) is 0 Å². The molecule has 2 atom stereocenters. The number of anilines is 1. The summed E-state index contributed by atoms with van der Waals surface area (Å²) in [5.74, 6) is -0.369. The second kappa shape index (κ2) is 4.85. The van der Waals surface area contributed by atoms with Crippen molar-refractivity contribution in [1.29, 1.82) is 0 Å². The maximum atomic E-state index is 10.8. The first-order valence-corrected chi connectivity index (χ1v) is 6.91. The number of aromatic nitrogens is 2. The summed E-state index contributed by atoms with van der Waals surface area (Å²) in [6.07, 6.45) is 8.64. The molecule has 3 rings (SSSR count). The molecule has 1 amide bonds. The number of carbonyl (C=O) groups is 1. The van der Waals surface area contributed by atoms with Crippen molar-refractivity contribution in [3.8, 4) is 0 Å². The van der Waals surface area contributed by atoms with Gasteiger partial charge in [-0.15, -0.1) is 0 Å². The molecule has 1 aromatic rings. The molecule has 3 N–H and O–H groups in total. The van der Waals surface area contributed by atoms with Gasteiger partial charge in [0.25, 0.3) is 0 Å². The average Bonchev–Trinajstić information content (AvgIpc) is 2.82. The van der Waals surface area contributed by atoms with Crippen LogP contribution in [0.1, 0.15) is 25.7 Å². The first-order valence-electron chi connectivity index (χ1n) is 6.91. The summed E-state index contributed by atoms with van der Waals surface area (Å²) in [5.41, 5.74) is 6.13. The van der Waals surface area contributed by atoms with Crippen molar-refractivity contribution in [2.75, 3.05) is 12.4 Å². The summed E-state index contributed by atoms with van der Waals surface area (Å²) in [4.78, 5) is 13.4. The van der Waals surface area contributed by atoms with Crippen LogP contribution in [0.15, 0.2) is 12.4 Å². The molecule has 2 unspecified atom stereocenters. The average molecular weight is 263 g/mol. The van der Waals surface area contributed by atoms with E-state index in [4.69, 9.17) is 5.73 Å². The summed E-state index contributed by atoms with van der Waals surface area (Å²) in [6.45, 7) is 0.139.